The van der Waals surface area contributed by atoms with Crippen molar-refractivity contribution >= 4 is 15.5 Å². The number of anilines is 1. The molecule has 2 rings (SSSR count). The summed E-state index contributed by atoms with van der Waals surface area (Å²) in [6, 6.07) is 4.30. The number of nitrogens with zero attached hydrogens (tertiary/aromatic N) is 1. The fraction of sp³-hybridized carbons (Fsp3) is 0.455. The zero-order valence-electron chi connectivity index (χ0n) is 9.39. The van der Waals surface area contributed by atoms with Gasteiger partial charge in [0.2, 0.25) is 0 Å². The molecule has 6 heteroatoms. The van der Waals surface area contributed by atoms with Crippen LogP contribution in [0.25, 0.3) is 0 Å². The first-order chi connectivity index (χ1) is 7.96. The van der Waals surface area contributed by atoms with Gasteiger partial charge in [-0.15, -0.1) is 0 Å². The third-order valence-corrected chi connectivity index (χ3v) is 4.55. The summed E-state index contributed by atoms with van der Waals surface area (Å²) in [6.07, 6.45) is 0. The van der Waals surface area contributed by atoms with Crippen LogP contribution in [-0.4, -0.2) is 37.9 Å². The molecule has 0 unspecified atom stereocenters. The standard InChI is InChI=1S/C11H15FN2O2S/c12-10-2-1-9(11(13)7-10)8-14-3-5-17(15,16)6-4-14/h1-2,7H,3-6,8,13H2. The monoisotopic (exact) mass is 258 g/mol. The second-order valence-electron chi connectivity index (χ2n) is 4.27. The minimum absolute atomic E-state index is 0.189. The van der Waals surface area contributed by atoms with Gasteiger partial charge in [0, 0.05) is 25.3 Å². The maximum absolute atomic E-state index is 12.9. The Morgan fingerprint density at radius 2 is 1.94 bits per heavy atom. The van der Waals surface area contributed by atoms with Gasteiger partial charge in [-0.1, -0.05) is 6.07 Å². The van der Waals surface area contributed by atoms with Gasteiger partial charge in [0.15, 0.2) is 9.84 Å². The van der Waals surface area contributed by atoms with Crippen LogP contribution in [0.1, 0.15) is 5.56 Å². The lowest BCUT2D eigenvalue weighted by molar-refractivity contribution is 0.288. The van der Waals surface area contributed by atoms with Crippen LogP contribution in [0.4, 0.5) is 10.1 Å². The topological polar surface area (TPSA) is 63.4 Å². The van der Waals surface area contributed by atoms with Crippen LogP contribution in [-0.2, 0) is 16.4 Å². The Hall–Kier alpha value is -1.14. The summed E-state index contributed by atoms with van der Waals surface area (Å²) in [6.45, 7) is 1.60. The number of rotatable bonds is 2. The number of nitrogens with two attached hydrogens (primary N) is 1. The van der Waals surface area contributed by atoms with E-state index >= 15 is 0 Å². The normalized spacial score (nSPS) is 20.3. The van der Waals surface area contributed by atoms with Crippen molar-refractivity contribution in [1.29, 1.82) is 0 Å². The summed E-state index contributed by atoms with van der Waals surface area (Å²) < 4.78 is 35.4. The first kappa shape index (κ1) is 12.3. The van der Waals surface area contributed by atoms with Gasteiger partial charge in [0.1, 0.15) is 5.82 Å². The van der Waals surface area contributed by atoms with E-state index in [-0.39, 0.29) is 17.3 Å². The number of sulfone groups is 1. The second kappa shape index (κ2) is 4.62. The lowest BCUT2D eigenvalue weighted by atomic mass is 10.1. The molecule has 4 nitrogen and oxygen atoms in total. The lowest BCUT2D eigenvalue weighted by Gasteiger charge is -2.26. The zero-order chi connectivity index (χ0) is 12.5. The van der Waals surface area contributed by atoms with Crippen LogP contribution in [0.3, 0.4) is 0 Å². The van der Waals surface area contributed by atoms with E-state index in [1.54, 1.807) is 6.07 Å². The fourth-order valence-electron chi connectivity index (χ4n) is 1.86. The SMILES string of the molecule is Nc1cc(F)ccc1CN1CCS(=O)(=O)CC1. The molecule has 1 aliphatic rings. The van der Waals surface area contributed by atoms with Gasteiger partial charge in [-0.2, -0.15) is 0 Å². The molecule has 1 aromatic carbocycles. The maximum Gasteiger partial charge on any atom is 0.152 e. The van der Waals surface area contributed by atoms with Crippen molar-refractivity contribution in [3.63, 3.8) is 0 Å². The molecule has 0 atom stereocenters. The van der Waals surface area contributed by atoms with E-state index in [2.05, 4.69) is 0 Å². The summed E-state index contributed by atoms with van der Waals surface area (Å²) in [4.78, 5) is 2.02. The summed E-state index contributed by atoms with van der Waals surface area (Å²) >= 11 is 0. The molecule has 1 fully saturated rings. The molecule has 0 amide bonds. The largest absolute Gasteiger partial charge is 0.398 e. The molecule has 2 N–H and O–H groups in total. The Labute approximate surface area is 100 Å². The molecule has 1 aliphatic heterocycles. The highest BCUT2D eigenvalue weighted by Gasteiger charge is 2.21. The Bertz CT molecular complexity index is 502. The lowest BCUT2D eigenvalue weighted by Crippen LogP contribution is -2.39. The van der Waals surface area contributed by atoms with Gasteiger partial charge in [0.25, 0.3) is 0 Å². The third kappa shape index (κ3) is 3.17. The van der Waals surface area contributed by atoms with E-state index in [1.165, 1.54) is 12.1 Å². The smallest absolute Gasteiger partial charge is 0.152 e. The van der Waals surface area contributed by atoms with E-state index in [0.29, 0.717) is 25.3 Å². The molecule has 1 heterocycles. The van der Waals surface area contributed by atoms with Crippen LogP contribution in [0, 0.1) is 5.82 Å². The molecule has 1 aromatic rings. The number of nitrogen functional groups attached to an aromatic ring is 1. The van der Waals surface area contributed by atoms with Crippen molar-refractivity contribution in [2.75, 3.05) is 30.3 Å². The first-order valence-corrected chi connectivity index (χ1v) is 7.25. The number of hydrogen-bond donors (Lipinski definition) is 1. The highest BCUT2D eigenvalue weighted by molar-refractivity contribution is 7.91. The van der Waals surface area contributed by atoms with Crippen LogP contribution < -0.4 is 5.73 Å². The molecule has 0 aromatic heterocycles. The molecule has 94 valence electrons. The second-order valence-corrected chi connectivity index (χ2v) is 6.57. The minimum atomic E-state index is -2.86. The van der Waals surface area contributed by atoms with Gasteiger partial charge in [-0.3, -0.25) is 4.90 Å². The van der Waals surface area contributed by atoms with Crippen molar-refractivity contribution in [2.45, 2.75) is 6.54 Å². The zero-order valence-corrected chi connectivity index (χ0v) is 10.2. The van der Waals surface area contributed by atoms with Crippen molar-refractivity contribution in [1.82, 2.24) is 4.90 Å². The van der Waals surface area contributed by atoms with Crippen molar-refractivity contribution in [3.05, 3.63) is 29.6 Å². The molecule has 0 radical (unpaired) electrons. The molecule has 1 saturated heterocycles. The van der Waals surface area contributed by atoms with Crippen LogP contribution in [0.15, 0.2) is 18.2 Å². The summed E-state index contributed by atoms with van der Waals surface area (Å²) in [5.41, 5.74) is 6.96. The molecule has 0 spiro atoms. The molecule has 0 bridgehead atoms. The Balaban J connectivity index is 2.02. The van der Waals surface area contributed by atoms with E-state index in [9.17, 15) is 12.8 Å². The highest BCUT2D eigenvalue weighted by Crippen LogP contribution is 2.17. The van der Waals surface area contributed by atoms with E-state index in [1.807, 2.05) is 4.90 Å². The van der Waals surface area contributed by atoms with Crippen molar-refractivity contribution in [2.24, 2.45) is 0 Å². The minimum Gasteiger partial charge on any atom is -0.398 e. The van der Waals surface area contributed by atoms with Crippen LogP contribution in [0.2, 0.25) is 0 Å². The first-order valence-electron chi connectivity index (χ1n) is 5.43. The van der Waals surface area contributed by atoms with Crippen LogP contribution in [0.5, 0.6) is 0 Å². The van der Waals surface area contributed by atoms with Crippen molar-refractivity contribution in [3.8, 4) is 0 Å². The molecule has 0 saturated carbocycles. The number of benzene rings is 1. The van der Waals surface area contributed by atoms with Crippen LogP contribution >= 0.6 is 0 Å². The van der Waals surface area contributed by atoms with Crippen molar-refractivity contribution < 1.29 is 12.8 Å². The molecule has 0 aliphatic carbocycles. The Kier molecular flexibility index (Phi) is 3.35. The fourth-order valence-corrected chi connectivity index (χ4v) is 3.14. The number of halogens is 1. The summed E-state index contributed by atoms with van der Waals surface area (Å²) in [5.74, 6) is 0.0230. The molecular weight excluding hydrogens is 243 g/mol. The predicted molar refractivity (Wildman–Crippen MR) is 64.7 cm³/mol. The summed E-state index contributed by atoms with van der Waals surface area (Å²) in [7, 11) is -2.86. The number of hydrogen-bond acceptors (Lipinski definition) is 4. The average molecular weight is 258 g/mol. The highest BCUT2D eigenvalue weighted by atomic mass is 32.2. The quantitative estimate of drug-likeness (QED) is 0.791. The van der Waals surface area contributed by atoms with Gasteiger partial charge < -0.3 is 5.73 Å². The van der Waals surface area contributed by atoms with Gasteiger partial charge >= 0.3 is 0 Å². The Morgan fingerprint density at radius 1 is 1.29 bits per heavy atom. The summed E-state index contributed by atoms with van der Waals surface area (Å²) in [5, 5.41) is 0. The van der Waals surface area contributed by atoms with Gasteiger partial charge in [-0.25, -0.2) is 12.8 Å². The maximum atomic E-state index is 12.9. The van der Waals surface area contributed by atoms with Gasteiger partial charge in [0.05, 0.1) is 11.5 Å². The molecular formula is C11H15FN2O2S. The average Bonchev–Trinajstić information content (AvgIpc) is 2.25. The predicted octanol–water partition coefficient (Wildman–Crippen LogP) is 0.638. The molecule has 17 heavy (non-hydrogen) atoms. The third-order valence-electron chi connectivity index (χ3n) is 2.94. The Morgan fingerprint density at radius 3 is 2.53 bits per heavy atom. The van der Waals surface area contributed by atoms with E-state index in [0.717, 1.165) is 5.56 Å². The van der Waals surface area contributed by atoms with E-state index in [4.69, 9.17) is 5.73 Å². The van der Waals surface area contributed by atoms with Gasteiger partial charge in [-0.05, 0) is 17.7 Å². The van der Waals surface area contributed by atoms with E-state index < -0.39 is 9.84 Å².